The van der Waals surface area contributed by atoms with E-state index in [1.807, 2.05) is 4.90 Å². The Kier molecular flexibility index (Phi) is 6.63. The molecule has 2 aromatic carbocycles. The molecule has 0 aliphatic carbocycles. The molecule has 0 spiro atoms. The lowest BCUT2D eigenvalue weighted by molar-refractivity contribution is -0.274. The molecule has 10 heteroatoms. The summed E-state index contributed by atoms with van der Waals surface area (Å²) in [5, 5.41) is 3.02. The average molecular weight is 428 g/mol. The Morgan fingerprint density at radius 2 is 1.87 bits per heavy atom. The van der Waals surface area contributed by atoms with E-state index in [0.29, 0.717) is 24.3 Å². The maximum Gasteiger partial charge on any atom is 0.573 e. The SMILES string of the molecule is NC(=NCc1ccc(OC(F)(F)F)cc1)NCC1CCN(c2ccc(F)c(F)c2)C1. The predicted molar refractivity (Wildman–Crippen MR) is 103 cm³/mol. The first kappa shape index (κ1) is 21.7. The molecule has 0 saturated carbocycles. The topological polar surface area (TPSA) is 62.9 Å². The van der Waals surface area contributed by atoms with Crippen LogP contribution >= 0.6 is 0 Å². The minimum Gasteiger partial charge on any atom is -0.406 e. The molecule has 30 heavy (non-hydrogen) atoms. The zero-order valence-electron chi connectivity index (χ0n) is 15.9. The summed E-state index contributed by atoms with van der Waals surface area (Å²) < 4.78 is 66.8. The van der Waals surface area contributed by atoms with Gasteiger partial charge >= 0.3 is 6.36 Å². The van der Waals surface area contributed by atoms with Gasteiger partial charge in [-0.05, 0) is 42.2 Å². The van der Waals surface area contributed by atoms with E-state index < -0.39 is 18.0 Å². The molecule has 1 aliphatic heterocycles. The maximum absolute atomic E-state index is 13.4. The van der Waals surface area contributed by atoms with Gasteiger partial charge in [0.1, 0.15) is 5.75 Å². The number of benzene rings is 2. The van der Waals surface area contributed by atoms with E-state index in [2.05, 4.69) is 15.0 Å². The standard InChI is InChI=1S/C20H21F5N4O/c21-17-6-3-15(9-18(17)22)29-8-7-14(12-29)11-28-19(26)27-10-13-1-4-16(5-2-13)30-20(23,24)25/h1-6,9,14H,7-8,10-12H2,(H3,26,27,28). The fraction of sp³-hybridized carbons (Fsp3) is 0.350. The van der Waals surface area contributed by atoms with E-state index in [1.54, 1.807) is 6.07 Å². The van der Waals surface area contributed by atoms with Gasteiger partial charge in [-0.15, -0.1) is 13.2 Å². The van der Waals surface area contributed by atoms with Crippen LogP contribution in [-0.4, -0.2) is 32.0 Å². The lowest BCUT2D eigenvalue weighted by Crippen LogP contribution is -2.36. The minimum atomic E-state index is -4.73. The first-order valence-electron chi connectivity index (χ1n) is 9.28. The number of guanidine groups is 1. The molecule has 1 unspecified atom stereocenters. The van der Waals surface area contributed by atoms with Crippen LogP contribution in [0.1, 0.15) is 12.0 Å². The lowest BCUT2D eigenvalue weighted by Gasteiger charge is -2.19. The highest BCUT2D eigenvalue weighted by Gasteiger charge is 2.31. The summed E-state index contributed by atoms with van der Waals surface area (Å²) in [4.78, 5) is 6.15. The van der Waals surface area contributed by atoms with Crippen LogP contribution in [0.25, 0.3) is 0 Å². The summed E-state index contributed by atoms with van der Waals surface area (Å²) in [6, 6.07) is 9.24. The van der Waals surface area contributed by atoms with Crippen molar-refractivity contribution in [3.63, 3.8) is 0 Å². The highest BCUT2D eigenvalue weighted by atomic mass is 19.4. The smallest absolute Gasteiger partial charge is 0.406 e. The summed E-state index contributed by atoms with van der Waals surface area (Å²) in [6.07, 6.45) is -3.87. The summed E-state index contributed by atoms with van der Waals surface area (Å²) in [7, 11) is 0. The maximum atomic E-state index is 13.4. The average Bonchev–Trinajstić information content (AvgIpc) is 3.16. The normalized spacial score (nSPS) is 17.3. The Balaban J connectivity index is 1.44. The molecular weight excluding hydrogens is 407 g/mol. The number of hydrogen-bond acceptors (Lipinski definition) is 3. The number of hydrogen-bond donors (Lipinski definition) is 2. The number of ether oxygens (including phenoxy) is 1. The largest absolute Gasteiger partial charge is 0.573 e. The van der Waals surface area contributed by atoms with Gasteiger partial charge in [0.15, 0.2) is 17.6 Å². The van der Waals surface area contributed by atoms with Crippen molar-refractivity contribution in [2.45, 2.75) is 19.3 Å². The van der Waals surface area contributed by atoms with Crippen molar-refractivity contribution in [1.29, 1.82) is 0 Å². The molecule has 162 valence electrons. The van der Waals surface area contributed by atoms with E-state index in [0.717, 1.165) is 19.0 Å². The second-order valence-electron chi connectivity index (χ2n) is 6.97. The fourth-order valence-corrected chi connectivity index (χ4v) is 3.19. The van der Waals surface area contributed by atoms with Gasteiger partial charge in [-0.2, -0.15) is 0 Å². The molecule has 3 rings (SSSR count). The third-order valence-electron chi connectivity index (χ3n) is 4.71. The molecule has 1 heterocycles. The molecule has 3 N–H and O–H groups in total. The highest BCUT2D eigenvalue weighted by molar-refractivity contribution is 5.77. The van der Waals surface area contributed by atoms with Gasteiger partial charge in [0.2, 0.25) is 0 Å². The van der Waals surface area contributed by atoms with E-state index in [4.69, 9.17) is 5.73 Å². The first-order chi connectivity index (χ1) is 14.2. The fourth-order valence-electron chi connectivity index (χ4n) is 3.19. The van der Waals surface area contributed by atoms with E-state index in [-0.39, 0.29) is 24.2 Å². The monoisotopic (exact) mass is 428 g/mol. The van der Waals surface area contributed by atoms with Gasteiger partial charge in [-0.1, -0.05) is 12.1 Å². The summed E-state index contributed by atoms with van der Waals surface area (Å²) in [6.45, 7) is 2.16. The molecule has 0 amide bonds. The summed E-state index contributed by atoms with van der Waals surface area (Å²) in [5.74, 6) is -1.57. The van der Waals surface area contributed by atoms with Crippen LogP contribution in [0.3, 0.4) is 0 Å². The minimum absolute atomic E-state index is 0.205. The number of halogens is 5. The van der Waals surface area contributed by atoms with Crippen molar-refractivity contribution in [3.8, 4) is 5.75 Å². The zero-order valence-corrected chi connectivity index (χ0v) is 15.9. The van der Waals surface area contributed by atoms with E-state index >= 15 is 0 Å². The van der Waals surface area contributed by atoms with Crippen molar-refractivity contribution < 1.29 is 26.7 Å². The Bertz CT molecular complexity index is 886. The zero-order chi connectivity index (χ0) is 21.7. The number of nitrogens with two attached hydrogens (primary N) is 1. The molecule has 0 radical (unpaired) electrons. The Morgan fingerprint density at radius 1 is 1.13 bits per heavy atom. The third kappa shape index (κ3) is 6.23. The quantitative estimate of drug-likeness (QED) is 0.418. The highest BCUT2D eigenvalue weighted by Crippen LogP contribution is 2.25. The third-order valence-corrected chi connectivity index (χ3v) is 4.71. The van der Waals surface area contributed by atoms with Crippen molar-refractivity contribution in [2.24, 2.45) is 16.6 Å². The number of nitrogens with zero attached hydrogens (tertiary/aromatic N) is 2. The predicted octanol–water partition coefficient (Wildman–Crippen LogP) is 3.79. The number of alkyl halides is 3. The number of rotatable bonds is 6. The lowest BCUT2D eigenvalue weighted by atomic mass is 10.1. The van der Waals surface area contributed by atoms with Crippen LogP contribution in [0.2, 0.25) is 0 Å². The molecule has 1 aliphatic rings. The molecule has 1 saturated heterocycles. The van der Waals surface area contributed by atoms with Crippen LogP contribution in [0.15, 0.2) is 47.5 Å². The van der Waals surface area contributed by atoms with Crippen LogP contribution in [-0.2, 0) is 6.54 Å². The molecular formula is C20H21F5N4O. The molecule has 0 aromatic heterocycles. The number of anilines is 1. The Labute approximate surface area is 170 Å². The van der Waals surface area contributed by atoms with E-state index in [1.165, 1.54) is 30.3 Å². The van der Waals surface area contributed by atoms with Gasteiger partial charge < -0.3 is 20.7 Å². The second kappa shape index (κ2) is 9.19. The molecule has 0 bridgehead atoms. The van der Waals surface area contributed by atoms with Crippen molar-refractivity contribution in [1.82, 2.24) is 5.32 Å². The first-order valence-corrected chi connectivity index (χ1v) is 9.28. The number of nitrogens with one attached hydrogen (secondary N) is 1. The summed E-state index contributed by atoms with van der Waals surface area (Å²) in [5.41, 5.74) is 7.17. The molecule has 2 aromatic rings. The van der Waals surface area contributed by atoms with Gasteiger partial charge in [-0.25, -0.2) is 13.8 Å². The molecule has 1 atom stereocenters. The van der Waals surface area contributed by atoms with Gasteiger partial charge in [0, 0.05) is 31.4 Å². The van der Waals surface area contributed by atoms with Crippen LogP contribution in [0, 0.1) is 17.6 Å². The second-order valence-corrected chi connectivity index (χ2v) is 6.97. The van der Waals surface area contributed by atoms with Gasteiger partial charge in [0.05, 0.1) is 6.54 Å². The van der Waals surface area contributed by atoms with Gasteiger partial charge in [0.25, 0.3) is 0 Å². The Hall–Kier alpha value is -3.04. The van der Waals surface area contributed by atoms with Crippen LogP contribution in [0.5, 0.6) is 5.75 Å². The van der Waals surface area contributed by atoms with E-state index in [9.17, 15) is 22.0 Å². The molecule has 1 fully saturated rings. The van der Waals surface area contributed by atoms with Crippen molar-refractivity contribution >= 4 is 11.6 Å². The van der Waals surface area contributed by atoms with Gasteiger partial charge in [-0.3, -0.25) is 0 Å². The van der Waals surface area contributed by atoms with Crippen LogP contribution in [0.4, 0.5) is 27.6 Å². The van der Waals surface area contributed by atoms with Crippen molar-refractivity contribution in [2.75, 3.05) is 24.5 Å². The summed E-state index contributed by atoms with van der Waals surface area (Å²) >= 11 is 0. The number of aliphatic imine (C=N–C) groups is 1. The Morgan fingerprint density at radius 3 is 2.53 bits per heavy atom. The van der Waals surface area contributed by atoms with Crippen molar-refractivity contribution in [3.05, 3.63) is 59.7 Å². The molecule has 5 nitrogen and oxygen atoms in total. The van der Waals surface area contributed by atoms with Crippen LogP contribution < -0.4 is 20.7 Å².